The van der Waals surface area contributed by atoms with Gasteiger partial charge in [-0.05, 0) is 42.7 Å². The Morgan fingerprint density at radius 2 is 2.05 bits per heavy atom. The quantitative estimate of drug-likeness (QED) is 0.870. The molecule has 1 aromatic carbocycles. The molecule has 1 aliphatic carbocycles. The Bertz CT molecular complexity index is 437. The third kappa shape index (κ3) is 3.18. The Balaban J connectivity index is 2.21. The smallest absolute Gasteiger partial charge is 0.0741 e. The van der Waals surface area contributed by atoms with Crippen LogP contribution in [-0.4, -0.2) is 17.3 Å². The van der Waals surface area contributed by atoms with Gasteiger partial charge in [-0.2, -0.15) is 0 Å². The topological polar surface area (TPSA) is 32.3 Å². The standard InChI is InChI=1S/C17H27NO/c1-5-17(4,19)12-18-15-14-9-7-6-8-13(14)10-11-16(15,2)3/h6-9,15,18-19H,5,10-12H2,1-4H3. The summed E-state index contributed by atoms with van der Waals surface area (Å²) in [7, 11) is 0. The molecule has 19 heavy (non-hydrogen) atoms. The second-order valence-corrected chi connectivity index (χ2v) is 6.85. The SMILES string of the molecule is CCC(C)(O)CNC1c2ccccc2CCC1(C)C. The zero-order valence-electron chi connectivity index (χ0n) is 12.7. The third-order valence-electron chi connectivity index (χ3n) is 4.63. The average Bonchev–Trinajstić information content (AvgIpc) is 2.37. The van der Waals surface area contributed by atoms with Crippen molar-refractivity contribution in [3.8, 4) is 0 Å². The molecular formula is C17H27NO. The van der Waals surface area contributed by atoms with Crippen molar-refractivity contribution in [2.45, 2.75) is 58.6 Å². The first-order valence-corrected chi connectivity index (χ1v) is 7.39. The van der Waals surface area contributed by atoms with Crippen molar-refractivity contribution < 1.29 is 5.11 Å². The molecule has 0 heterocycles. The maximum Gasteiger partial charge on any atom is 0.0741 e. The first-order valence-electron chi connectivity index (χ1n) is 7.39. The normalized spacial score (nSPS) is 24.6. The second-order valence-electron chi connectivity index (χ2n) is 6.85. The molecule has 2 heteroatoms. The highest BCUT2D eigenvalue weighted by Gasteiger charge is 2.36. The summed E-state index contributed by atoms with van der Waals surface area (Å²) in [4.78, 5) is 0. The Morgan fingerprint density at radius 1 is 1.37 bits per heavy atom. The summed E-state index contributed by atoms with van der Waals surface area (Å²) in [6.07, 6.45) is 3.12. The summed E-state index contributed by atoms with van der Waals surface area (Å²) in [5.74, 6) is 0. The number of aliphatic hydroxyl groups is 1. The molecule has 2 N–H and O–H groups in total. The van der Waals surface area contributed by atoms with Gasteiger partial charge in [0, 0.05) is 12.6 Å². The number of nitrogens with one attached hydrogen (secondary N) is 1. The molecule has 2 nitrogen and oxygen atoms in total. The van der Waals surface area contributed by atoms with Gasteiger partial charge in [-0.25, -0.2) is 0 Å². The van der Waals surface area contributed by atoms with Gasteiger partial charge in [0.25, 0.3) is 0 Å². The second kappa shape index (κ2) is 5.26. The number of hydrogen-bond acceptors (Lipinski definition) is 2. The van der Waals surface area contributed by atoms with E-state index in [-0.39, 0.29) is 5.41 Å². The van der Waals surface area contributed by atoms with Crippen molar-refractivity contribution in [1.82, 2.24) is 5.32 Å². The third-order valence-corrected chi connectivity index (χ3v) is 4.63. The van der Waals surface area contributed by atoms with Gasteiger partial charge in [0.15, 0.2) is 0 Å². The summed E-state index contributed by atoms with van der Waals surface area (Å²) in [6.45, 7) is 9.22. The summed E-state index contributed by atoms with van der Waals surface area (Å²) < 4.78 is 0. The molecule has 2 rings (SSSR count). The van der Waals surface area contributed by atoms with Gasteiger partial charge < -0.3 is 10.4 Å². The minimum atomic E-state index is -0.623. The number of rotatable bonds is 4. The highest BCUT2D eigenvalue weighted by molar-refractivity contribution is 5.34. The largest absolute Gasteiger partial charge is 0.389 e. The van der Waals surface area contributed by atoms with Gasteiger partial charge in [-0.15, -0.1) is 0 Å². The minimum absolute atomic E-state index is 0.234. The Hall–Kier alpha value is -0.860. The lowest BCUT2D eigenvalue weighted by molar-refractivity contribution is 0.0448. The van der Waals surface area contributed by atoms with Crippen LogP contribution in [0.25, 0.3) is 0 Å². The van der Waals surface area contributed by atoms with Crippen LogP contribution in [0.2, 0.25) is 0 Å². The highest BCUT2D eigenvalue weighted by Crippen LogP contribution is 2.43. The molecule has 2 unspecified atom stereocenters. The van der Waals surface area contributed by atoms with Gasteiger partial charge in [-0.3, -0.25) is 0 Å². The average molecular weight is 261 g/mol. The van der Waals surface area contributed by atoms with Crippen LogP contribution in [0, 0.1) is 5.41 Å². The van der Waals surface area contributed by atoms with Crippen LogP contribution in [0.3, 0.4) is 0 Å². The molecule has 2 atom stereocenters. The van der Waals surface area contributed by atoms with Gasteiger partial charge in [0.2, 0.25) is 0 Å². The highest BCUT2D eigenvalue weighted by atomic mass is 16.3. The zero-order valence-corrected chi connectivity index (χ0v) is 12.7. The fraction of sp³-hybridized carbons (Fsp3) is 0.647. The van der Waals surface area contributed by atoms with Crippen molar-refractivity contribution in [2.24, 2.45) is 5.41 Å². The lowest BCUT2D eigenvalue weighted by atomic mass is 9.70. The molecule has 0 saturated carbocycles. The Kier molecular flexibility index (Phi) is 4.03. The van der Waals surface area contributed by atoms with Crippen LogP contribution in [0.15, 0.2) is 24.3 Å². The van der Waals surface area contributed by atoms with Gasteiger partial charge in [0.05, 0.1) is 5.60 Å². The van der Waals surface area contributed by atoms with E-state index in [0.717, 1.165) is 12.8 Å². The van der Waals surface area contributed by atoms with Crippen LogP contribution < -0.4 is 5.32 Å². The predicted octanol–water partition coefficient (Wildman–Crippen LogP) is 3.45. The van der Waals surface area contributed by atoms with Gasteiger partial charge >= 0.3 is 0 Å². The van der Waals surface area contributed by atoms with E-state index in [1.165, 1.54) is 17.5 Å². The van der Waals surface area contributed by atoms with E-state index in [1.807, 2.05) is 13.8 Å². The van der Waals surface area contributed by atoms with E-state index >= 15 is 0 Å². The monoisotopic (exact) mass is 261 g/mol. The van der Waals surface area contributed by atoms with E-state index < -0.39 is 5.60 Å². The molecule has 0 fully saturated rings. The summed E-state index contributed by atoms with van der Waals surface area (Å²) in [5.41, 5.74) is 2.47. The van der Waals surface area contributed by atoms with Gasteiger partial charge in [0.1, 0.15) is 0 Å². The first-order chi connectivity index (χ1) is 8.86. The Morgan fingerprint density at radius 3 is 2.74 bits per heavy atom. The van der Waals surface area contributed by atoms with E-state index in [1.54, 1.807) is 0 Å². The van der Waals surface area contributed by atoms with E-state index in [2.05, 4.69) is 43.4 Å². The van der Waals surface area contributed by atoms with Crippen LogP contribution in [0.1, 0.15) is 57.7 Å². The molecule has 0 radical (unpaired) electrons. The number of fused-ring (bicyclic) bond motifs is 1. The maximum atomic E-state index is 10.2. The molecule has 1 aromatic rings. The van der Waals surface area contributed by atoms with E-state index in [0.29, 0.717) is 12.6 Å². The molecule has 106 valence electrons. The molecule has 0 spiro atoms. The number of hydrogen-bond donors (Lipinski definition) is 2. The van der Waals surface area contributed by atoms with E-state index in [9.17, 15) is 5.11 Å². The molecule has 1 aliphatic rings. The molecular weight excluding hydrogens is 234 g/mol. The van der Waals surface area contributed by atoms with Crippen molar-refractivity contribution >= 4 is 0 Å². The Labute approximate surface area is 117 Å². The molecule has 0 saturated heterocycles. The maximum absolute atomic E-state index is 10.2. The summed E-state index contributed by atoms with van der Waals surface area (Å²) in [5, 5.41) is 13.8. The summed E-state index contributed by atoms with van der Waals surface area (Å²) in [6, 6.07) is 9.03. The van der Waals surface area contributed by atoms with Crippen molar-refractivity contribution in [3.63, 3.8) is 0 Å². The first kappa shape index (κ1) is 14.5. The van der Waals surface area contributed by atoms with Crippen molar-refractivity contribution in [2.75, 3.05) is 6.54 Å². The van der Waals surface area contributed by atoms with Crippen molar-refractivity contribution in [1.29, 1.82) is 0 Å². The molecule has 0 bridgehead atoms. The number of benzene rings is 1. The zero-order chi connectivity index (χ0) is 14.1. The summed E-state index contributed by atoms with van der Waals surface area (Å²) >= 11 is 0. The van der Waals surface area contributed by atoms with Crippen molar-refractivity contribution in [3.05, 3.63) is 35.4 Å². The minimum Gasteiger partial charge on any atom is -0.389 e. The fourth-order valence-corrected chi connectivity index (χ4v) is 2.90. The molecule has 0 aromatic heterocycles. The van der Waals surface area contributed by atoms with Crippen LogP contribution in [0.4, 0.5) is 0 Å². The molecule has 0 amide bonds. The van der Waals surface area contributed by atoms with Crippen LogP contribution in [-0.2, 0) is 6.42 Å². The lowest BCUT2D eigenvalue weighted by Gasteiger charge is -2.42. The van der Waals surface area contributed by atoms with Crippen LogP contribution in [0.5, 0.6) is 0 Å². The predicted molar refractivity (Wildman–Crippen MR) is 80.2 cm³/mol. The van der Waals surface area contributed by atoms with Crippen LogP contribution >= 0.6 is 0 Å². The lowest BCUT2D eigenvalue weighted by Crippen LogP contribution is -2.45. The van der Waals surface area contributed by atoms with E-state index in [4.69, 9.17) is 0 Å². The molecule has 0 aliphatic heterocycles. The van der Waals surface area contributed by atoms with Gasteiger partial charge in [-0.1, -0.05) is 45.0 Å². The fourth-order valence-electron chi connectivity index (χ4n) is 2.90. The number of aryl methyl sites for hydroxylation is 1.